The highest BCUT2D eigenvalue weighted by Crippen LogP contribution is 2.26. The van der Waals surface area contributed by atoms with Gasteiger partial charge in [-0.05, 0) is 48.0 Å². The summed E-state index contributed by atoms with van der Waals surface area (Å²) in [5, 5.41) is 1.90. The quantitative estimate of drug-likeness (QED) is 0.866. The molecule has 2 aromatic rings. The lowest BCUT2D eigenvalue weighted by molar-refractivity contribution is -0.115. The molecule has 0 atom stereocenters. The zero-order valence-electron chi connectivity index (χ0n) is 12.5. The average Bonchev–Trinajstić information content (AvgIpc) is 2.84. The number of hydrogen-bond donors (Lipinski definition) is 1. The van der Waals surface area contributed by atoms with Crippen molar-refractivity contribution in [2.24, 2.45) is 0 Å². The van der Waals surface area contributed by atoms with Crippen LogP contribution in [-0.4, -0.2) is 11.1 Å². The van der Waals surface area contributed by atoms with E-state index in [0.717, 1.165) is 28.6 Å². The maximum Gasteiger partial charge on any atom is 0.290 e. The van der Waals surface area contributed by atoms with Crippen molar-refractivity contribution in [3.63, 3.8) is 0 Å². The molecule has 4 nitrogen and oxygen atoms in total. The first-order valence-corrected chi connectivity index (χ1v) is 7.95. The van der Waals surface area contributed by atoms with E-state index in [1.54, 1.807) is 6.08 Å². The largest absolute Gasteiger partial charge is 0.489 e. The average molecular weight is 325 g/mol. The van der Waals surface area contributed by atoms with E-state index in [1.807, 2.05) is 49.4 Å². The van der Waals surface area contributed by atoms with Gasteiger partial charge in [-0.2, -0.15) is 0 Å². The van der Waals surface area contributed by atoms with Crippen molar-refractivity contribution in [3.05, 3.63) is 70.1 Å². The van der Waals surface area contributed by atoms with Gasteiger partial charge in [0.05, 0.1) is 4.91 Å². The number of carbonyl (C=O) groups is 2. The minimum Gasteiger partial charge on any atom is -0.489 e. The van der Waals surface area contributed by atoms with Crippen molar-refractivity contribution in [2.45, 2.75) is 13.5 Å². The first-order chi connectivity index (χ1) is 11.1. The maximum absolute atomic E-state index is 11.5. The molecule has 1 aliphatic rings. The van der Waals surface area contributed by atoms with Crippen molar-refractivity contribution in [1.29, 1.82) is 0 Å². The van der Waals surface area contributed by atoms with Crippen molar-refractivity contribution in [3.8, 4) is 5.75 Å². The van der Waals surface area contributed by atoms with Crippen LogP contribution in [0.2, 0.25) is 0 Å². The topological polar surface area (TPSA) is 55.4 Å². The second-order valence-corrected chi connectivity index (χ2v) is 6.21. The third-order valence-electron chi connectivity index (χ3n) is 3.31. The molecule has 3 rings (SSSR count). The van der Waals surface area contributed by atoms with Crippen molar-refractivity contribution in [2.75, 3.05) is 0 Å². The van der Waals surface area contributed by atoms with Crippen LogP contribution in [0.1, 0.15) is 16.7 Å². The molecule has 0 aliphatic carbocycles. The van der Waals surface area contributed by atoms with Crippen LogP contribution in [0.25, 0.3) is 6.08 Å². The summed E-state index contributed by atoms with van der Waals surface area (Å²) < 4.78 is 5.75. The highest BCUT2D eigenvalue weighted by molar-refractivity contribution is 8.18. The minimum absolute atomic E-state index is 0.334. The van der Waals surface area contributed by atoms with Gasteiger partial charge in [-0.1, -0.05) is 42.0 Å². The predicted molar refractivity (Wildman–Crippen MR) is 91.1 cm³/mol. The van der Waals surface area contributed by atoms with Crippen LogP contribution in [0.15, 0.2) is 53.4 Å². The smallest absolute Gasteiger partial charge is 0.290 e. The van der Waals surface area contributed by atoms with Crippen LogP contribution in [-0.2, 0) is 11.4 Å². The Morgan fingerprint density at radius 3 is 2.57 bits per heavy atom. The fourth-order valence-corrected chi connectivity index (χ4v) is 2.88. The van der Waals surface area contributed by atoms with Gasteiger partial charge >= 0.3 is 0 Å². The Labute approximate surface area is 138 Å². The van der Waals surface area contributed by atoms with Crippen LogP contribution in [0.5, 0.6) is 5.75 Å². The van der Waals surface area contributed by atoms with Gasteiger partial charge in [-0.15, -0.1) is 0 Å². The molecule has 1 N–H and O–H groups in total. The Balaban J connectivity index is 1.64. The first-order valence-electron chi connectivity index (χ1n) is 7.13. The number of rotatable bonds is 4. The van der Waals surface area contributed by atoms with Gasteiger partial charge in [0.2, 0.25) is 0 Å². The van der Waals surface area contributed by atoms with Crippen LogP contribution in [0.3, 0.4) is 0 Å². The Bertz CT molecular complexity index is 781. The Morgan fingerprint density at radius 2 is 1.91 bits per heavy atom. The first kappa shape index (κ1) is 15.4. The number of aryl methyl sites for hydroxylation is 1. The fraction of sp³-hybridized carbons (Fsp3) is 0.111. The Morgan fingerprint density at radius 1 is 1.13 bits per heavy atom. The second kappa shape index (κ2) is 6.71. The van der Waals surface area contributed by atoms with Crippen LogP contribution in [0.4, 0.5) is 4.79 Å². The molecule has 1 aliphatic heterocycles. The summed E-state index contributed by atoms with van der Waals surface area (Å²) in [4.78, 5) is 23.0. The van der Waals surface area contributed by atoms with Gasteiger partial charge < -0.3 is 4.74 Å². The lowest BCUT2D eigenvalue weighted by atomic mass is 10.1. The normalized spacial score (nSPS) is 15.8. The molecule has 2 aromatic carbocycles. The van der Waals surface area contributed by atoms with E-state index in [-0.39, 0.29) is 11.1 Å². The fourth-order valence-electron chi connectivity index (χ4n) is 2.20. The molecule has 0 saturated carbocycles. The Hall–Kier alpha value is -2.53. The number of hydrogen-bond acceptors (Lipinski definition) is 4. The number of thioether (sulfide) groups is 1. The highest BCUT2D eigenvalue weighted by Gasteiger charge is 2.24. The number of imide groups is 1. The third-order valence-corrected chi connectivity index (χ3v) is 4.12. The summed E-state index contributed by atoms with van der Waals surface area (Å²) in [5.74, 6) is 0.410. The van der Waals surface area contributed by atoms with Gasteiger partial charge in [0.25, 0.3) is 11.1 Å². The molecule has 0 aromatic heterocycles. The van der Waals surface area contributed by atoms with E-state index in [4.69, 9.17) is 4.74 Å². The van der Waals surface area contributed by atoms with E-state index in [2.05, 4.69) is 11.4 Å². The zero-order valence-corrected chi connectivity index (χ0v) is 13.4. The SMILES string of the molecule is Cc1cccc(COc2ccc(/C=C3/SC(=O)NC3=O)cc2)c1. The van der Waals surface area contributed by atoms with Crippen molar-refractivity contribution >= 4 is 29.0 Å². The van der Waals surface area contributed by atoms with Crippen molar-refractivity contribution < 1.29 is 14.3 Å². The van der Waals surface area contributed by atoms with E-state index in [1.165, 1.54) is 5.56 Å². The molecule has 0 unspecified atom stereocenters. The molecular formula is C18H15NO3S. The molecule has 116 valence electrons. The number of benzene rings is 2. The lowest BCUT2D eigenvalue weighted by Crippen LogP contribution is -2.17. The summed E-state index contributed by atoms with van der Waals surface area (Å²) >= 11 is 0.912. The molecule has 2 amide bonds. The molecule has 0 radical (unpaired) electrons. The second-order valence-electron chi connectivity index (χ2n) is 5.20. The van der Waals surface area contributed by atoms with E-state index in [9.17, 15) is 9.59 Å². The van der Waals surface area contributed by atoms with Gasteiger partial charge in [0, 0.05) is 0 Å². The van der Waals surface area contributed by atoms with Gasteiger partial charge in [0.1, 0.15) is 12.4 Å². The molecule has 1 saturated heterocycles. The molecule has 5 heteroatoms. The van der Waals surface area contributed by atoms with E-state index >= 15 is 0 Å². The molecular weight excluding hydrogens is 310 g/mol. The standard InChI is InChI=1S/C18H15NO3S/c1-12-3-2-4-14(9-12)11-22-15-7-5-13(6-8-15)10-16-17(20)19-18(21)23-16/h2-10H,11H2,1H3,(H,19,20,21)/b16-10+. The number of ether oxygens (including phenoxy) is 1. The van der Waals surface area contributed by atoms with Crippen molar-refractivity contribution in [1.82, 2.24) is 5.32 Å². The monoisotopic (exact) mass is 325 g/mol. The summed E-state index contributed by atoms with van der Waals surface area (Å²) in [5.41, 5.74) is 3.17. The number of amides is 2. The van der Waals surface area contributed by atoms with Gasteiger partial charge in [-0.25, -0.2) is 0 Å². The molecule has 1 heterocycles. The zero-order chi connectivity index (χ0) is 16.2. The lowest BCUT2D eigenvalue weighted by Gasteiger charge is -2.07. The summed E-state index contributed by atoms with van der Waals surface area (Å²) in [6.07, 6.45) is 1.69. The summed E-state index contributed by atoms with van der Waals surface area (Å²) in [6, 6.07) is 15.6. The molecule has 23 heavy (non-hydrogen) atoms. The van der Waals surface area contributed by atoms with Crippen LogP contribution < -0.4 is 10.1 Å². The highest BCUT2D eigenvalue weighted by atomic mass is 32.2. The van der Waals surface area contributed by atoms with Gasteiger partial charge in [0.15, 0.2) is 0 Å². The molecule has 0 bridgehead atoms. The van der Waals surface area contributed by atoms with Crippen LogP contribution >= 0.6 is 11.8 Å². The van der Waals surface area contributed by atoms with E-state index < -0.39 is 0 Å². The van der Waals surface area contributed by atoms with Crippen LogP contribution in [0, 0.1) is 6.92 Å². The predicted octanol–water partition coefficient (Wildman–Crippen LogP) is 3.90. The van der Waals surface area contributed by atoms with Gasteiger partial charge in [-0.3, -0.25) is 14.9 Å². The summed E-state index contributed by atoms with van der Waals surface area (Å²) in [6.45, 7) is 2.56. The Kier molecular flexibility index (Phi) is 4.48. The molecule has 0 spiro atoms. The number of carbonyl (C=O) groups excluding carboxylic acids is 2. The maximum atomic E-state index is 11.5. The third kappa shape index (κ3) is 4.02. The minimum atomic E-state index is -0.347. The van der Waals surface area contributed by atoms with E-state index in [0.29, 0.717) is 11.5 Å². The number of nitrogens with one attached hydrogen (secondary N) is 1. The molecule has 1 fully saturated rings. The summed E-state index contributed by atoms with van der Waals surface area (Å²) in [7, 11) is 0.